The Bertz CT molecular complexity index is 644. The maximum Gasteiger partial charge on any atom is 0.160 e. The quantitative estimate of drug-likeness (QED) is 0.795. The minimum atomic E-state index is -0.969. The zero-order chi connectivity index (χ0) is 14.9. The first-order valence-electron chi connectivity index (χ1n) is 6.02. The fourth-order valence-electron chi connectivity index (χ4n) is 2.13. The first-order chi connectivity index (χ1) is 9.45. The zero-order valence-corrected chi connectivity index (χ0v) is 12.5. The van der Waals surface area contributed by atoms with Crippen LogP contribution in [0.3, 0.4) is 0 Å². The van der Waals surface area contributed by atoms with Gasteiger partial charge in [0.05, 0.1) is 6.04 Å². The van der Waals surface area contributed by atoms with E-state index in [2.05, 4.69) is 5.32 Å². The van der Waals surface area contributed by atoms with Gasteiger partial charge in [0.25, 0.3) is 0 Å². The third-order valence-corrected chi connectivity index (χ3v) is 4.02. The molecule has 0 aliphatic heterocycles. The van der Waals surface area contributed by atoms with Gasteiger partial charge in [0, 0.05) is 10.0 Å². The summed E-state index contributed by atoms with van der Waals surface area (Å²) < 4.78 is 26.6. The molecule has 0 aliphatic rings. The Morgan fingerprint density at radius 1 is 1.05 bits per heavy atom. The van der Waals surface area contributed by atoms with E-state index in [0.29, 0.717) is 10.6 Å². The number of aryl methyl sites for hydroxylation is 1. The maximum atomic E-state index is 13.5. The SMILES string of the molecule is CNC(c1cc(F)c(F)cc1Cl)c1cccc(C)c1Cl. The van der Waals surface area contributed by atoms with Gasteiger partial charge in [-0.05, 0) is 42.8 Å². The number of benzene rings is 2. The summed E-state index contributed by atoms with van der Waals surface area (Å²) in [5.41, 5.74) is 2.12. The summed E-state index contributed by atoms with van der Waals surface area (Å²) in [5.74, 6) is -1.91. The summed E-state index contributed by atoms with van der Waals surface area (Å²) in [6.45, 7) is 1.88. The standard InChI is InChI=1S/C15H13Cl2F2N/c1-8-4-3-5-9(14(8)17)15(20-2)10-6-12(18)13(19)7-11(10)16/h3-7,15,20H,1-2H3. The van der Waals surface area contributed by atoms with Gasteiger partial charge in [0.2, 0.25) is 0 Å². The monoisotopic (exact) mass is 315 g/mol. The van der Waals surface area contributed by atoms with E-state index in [0.717, 1.165) is 23.3 Å². The lowest BCUT2D eigenvalue weighted by Crippen LogP contribution is -2.19. The molecule has 0 aromatic heterocycles. The second-order valence-corrected chi connectivity index (χ2v) is 5.27. The van der Waals surface area contributed by atoms with E-state index in [9.17, 15) is 8.78 Å². The molecule has 1 atom stereocenters. The van der Waals surface area contributed by atoms with Crippen LogP contribution in [0.2, 0.25) is 10.0 Å². The topological polar surface area (TPSA) is 12.0 Å². The molecule has 106 valence electrons. The fourth-order valence-corrected chi connectivity index (χ4v) is 2.63. The van der Waals surface area contributed by atoms with Crippen molar-refractivity contribution >= 4 is 23.2 Å². The molecular formula is C15H13Cl2F2N. The predicted molar refractivity (Wildman–Crippen MR) is 78.5 cm³/mol. The van der Waals surface area contributed by atoms with Crippen LogP contribution in [0.1, 0.15) is 22.7 Å². The molecule has 0 radical (unpaired) electrons. The fraction of sp³-hybridized carbons (Fsp3) is 0.200. The Morgan fingerprint density at radius 2 is 1.70 bits per heavy atom. The van der Waals surface area contributed by atoms with Crippen molar-refractivity contribution in [3.05, 3.63) is 68.7 Å². The van der Waals surface area contributed by atoms with Crippen molar-refractivity contribution < 1.29 is 8.78 Å². The minimum absolute atomic E-state index is 0.154. The van der Waals surface area contributed by atoms with E-state index in [1.165, 1.54) is 0 Å². The summed E-state index contributed by atoms with van der Waals surface area (Å²) in [6, 6.07) is 7.22. The molecule has 20 heavy (non-hydrogen) atoms. The molecule has 0 fully saturated rings. The Balaban J connectivity index is 2.58. The number of nitrogens with one attached hydrogen (secondary N) is 1. The van der Waals surface area contributed by atoms with Crippen molar-refractivity contribution in [2.24, 2.45) is 0 Å². The van der Waals surface area contributed by atoms with Gasteiger partial charge in [0.15, 0.2) is 11.6 Å². The lowest BCUT2D eigenvalue weighted by molar-refractivity contribution is 0.505. The average Bonchev–Trinajstić information content (AvgIpc) is 2.41. The van der Waals surface area contributed by atoms with Crippen LogP contribution in [0.4, 0.5) is 8.78 Å². The molecule has 2 rings (SSSR count). The van der Waals surface area contributed by atoms with E-state index in [4.69, 9.17) is 23.2 Å². The molecule has 0 spiro atoms. The van der Waals surface area contributed by atoms with Crippen molar-refractivity contribution in [3.63, 3.8) is 0 Å². The van der Waals surface area contributed by atoms with Crippen molar-refractivity contribution in [1.29, 1.82) is 0 Å². The number of rotatable bonds is 3. The lowest BCUT2D eigenvalue weighted by atomic mass is 9.97. The summed E-state index contributed by atoms with van der Waals surface area (Å²) in [7, 11) is 1.71. The second-order valence-electron chi connectivity index (χ2n) is 4.49. The van der Waals surface area contributed by atoms with Gasteiger partial charge >= 0.3 is 0 Å². The van der Waals surface area contributed by atoms with Gasteiger partial charge in [-0.3, -0.25) is 0 Å². The van der Waals surface area contributed by atoms with Crippen LogP contribution in [0, 0.1) is 18.6 Å². The molecule has 0 saturated heterocycles. The largest absolute Gasteiger partial charge is 0.309 e. The van der Waals surface area contributed by atoms with Gasteiger partial charge in [-0.15, -0.1) is 0 Å². The first-order valence-corrected chi connectivity index (χ1v) is 6.78. The Hall–Kier alpha value is -1.16. The van der Waals surface area contributed by atoms with E-state index < -0.39 is 17.7 Å². The lowest BCUT2D eigenvalue weighted by Gasteiger charge is -2.21. The smallest absolute Gasteiger partial charge is 0.160 e. The predicted octanol–water partition coefficient (Wildman–Crippen LogP) is 4.89. The molecule has 0 aliphatic carbocycles. The minimum Gasteiger partial charge on any atom is -0.309 e. The van der Waals surface area contributed by atoms with Crippen LogP contribution >= 0.6 is 23.2 Å². The number of halogens is 4. The van der Waals surface area contributed by atoms with Crippen LogP contribution in [0.15, 0.2) is 30.3 Å². The van der Waals surface area contributed by atoms with E-state index in [-0.39, 0.29) is 5.02 Å². The molecule has 0 heterocycles. The highest BCUT2D eigenvalue weighted by Crippen LogP contribution is 2.34. The zero-order valence-electron chi connectivity index (χ0n) is 11.0. The van der Waals surface area contributed by atoms with Gasteiger partial charge in [-0.25, -0.2) is 8.78 Å². The Morgan fingerprint density at radius 3 is 2.35 bits per heavy atom. The summed E-state index contributed by atoms with van der Waals surface area (Å²) >= 11 is 12.3. The van der Waals surface area contributed by atoms with Crippen LogP contribution < -0.4 is 5.32 Å². The number of hydrogen-bond donors (Lipinski definition) is 1. The Labute approximate surface area is 126 Å². The molecule has 2 aromatic carbocycles. The van der Waals surface area contributed by atoms with Crippen LogP contribution in [-0.2, 0) is 0 Å². The van der Waals surface area contributed by atoms with Gasteiger partial charge in [-0.1, -0.05) is 41.4 Å². The third-order valence-electron chi connectivity index (χ3n) is 3.17. The van der Waals surface area contributed by atoms with E-state index in [1.807, 2.05) is 25.1 Å². The molecule has 1 nitrogen and oxygen atoms in total. The molecular weight excluding hydrogens is 303 g/mol. The van der Waals surface area contributed by atoms with Crippen molar-refractivity contribution in [2.45, 2.75) is 13.0 Å². The van der Waals surface area contributed by atoms with Crippen molar-refractivity contribution in [3.8, 4) is 0 Å². The number of hydrogen-bond acceptors (Lipinski definition) is 1. The molecule has 2 aromatic rings. The van der Waals surface area contributed by atoms with Crippen LogP contribution in [-0.4, -0.2) is 7.05 Å². The molecule has 0 amide bonds. The van der Waals surface area contributed by atoms with Gasteiger partial charge in [0.1, 0.15) is 0 Å². The first kappa shape index (κ1) is 15.2. The summed E-state index contributed by atoms with van der Waals surface area (Å²) in [5, 5.41) is 3.76. The average molecular weight is 316 g/mol. The third kappa shape index (κ3) is 2.80. The van der Waals surface area contributed by atoms with E-state index in [1.54, 1.807) is 7.05 Å². The van der Waals surface area contributed by atoms with Crippen LogP contribution in [0.25, 0.3) is 0 Å². The van der Waals surface area contributed by atoms with Gasteiger partial charge in [-0.2, -0.15) is 0 Å². The maximum absolute atomic E-state index is 13.5. The van der Waals surface area contributed by atoms with Crippen molar-refractivity contribution in [1.82, 2.24) is 5.32 Å². The summed E-state index contributed by atoms with van der Waals surface area (Å²) in [4.78, 5) is 0. The molecule has 5 heteroatoms. The van der Waals surface area contributed by atoms with Gasteiger partial charge < -0.3 is 5.32 Å². The molecule has 1 unspecified atom stereocenters. The molecule has 0 bridgehead atoms. The highest BCUT2D eigenvalue weighted by atomic mass is 35.5. The molecule has 0 saturated carbocycles. The highest BCUT2D eigenvalue weighted by Gasteiger charge is 2.20. The molecule has 1 N–H and O–H groups in total. The summed E-state index contributed by atoms with van der Waals surface area (Å²) in [6.07, 6.45) is 0. The normalized spacial score (nSPS) is 12.5. The van der Waals surface area contributed by atoms with Crippen LogP contribution in [0.5, 0.6) is 0 Å². The van der Waals surface area contributed by atoms with E-state index >= 15 is 0 Å². The second kappa shape index (κ2) is 6.08. The Kier molecular flexibility index (Phi) is 4.63. The highest BCUT2D eigenvalue weighted by molar-refractivity contribution is 6.32. The van der Waals surface area contributed by atoms with Crippen molar-refractivity contribution in [2.75, 3.05) is 7.05 Å².